The first-order chi connectivity index (χ1) is 21.5. The maximum atomic E-state index is 12.5. The Morgan fingerprint density at radius 3 is 1.89 bits per heavy atom. The van der Waals surface area contributed by atoms with E-state index in [0.717, 1.165) is 77.0 Å². The molecule has 262 valence electrons. The van der Waals surface area contributed by atoms with Crippen LogP contribution in [-0.4, -0.2) is 74.9 Å². The molecular weight excluding hydrogens is 593 g/mol. The summed E-state index contributed by atoms with van der Waals surface area (Å²) in [5.74, 6) is -0.834. The Morgan fingerprint density at radius 2 is 1.27 bits per heavy atom. The second-order valence-electron chi connectivity index (χ2n) is 12.5. The van der Waals surface area contributed by atoms with Gasteiger partial charge in [0.25, 0.3) is 0 Å². The minimum absolute atomic E-state index is 0.0276. The normalized spacial score (nSPS) is 14.4. The SMILES string of the molecule is CC/C=C\C/C=C\C/C=C\CCCCCCCC(=O)OC(COC(=O)CCCCCCCC)COP(=O)(O)OCC[N+](C)(C)C. The van der Waals surface area contributed by atoms with Gasteiger partial charge >= 0.3 is 19.8 Å². The van der Waals surface area contributed by atoms with Crippen molar-refractivity contribution in [1.29, 1.82) is 0 Å². The van der Waals surface area contributed by atoms with Crippen molar-refractivity contribution in [1.82, 2.24) is 0 Å². The lowest BCUT2D eigenvalue weighted by molar-refractivity contribution is -0.870. The van der Waals surface area contributed by atoms with Gasteiger partial charge < -0.3 is 18.9 Å². The number of hydrogen-bond acceptors (Lipinski definition) is 7. The fourth-order valence-electron chi connectivity index (χ4n) is 4.20. The van der Waals surface area contributed by atoms with Gasteiger partial charge in [0.1, 0.15) is 19.8 Å². The summed E-state index contributed by atoms with van der Waals surface area (Å²) < 4.78 is 33.9. The summed E-state index contributed by atoms with van der Waals surface area (Å²) in [7, 11) is 1.46. The van der Waals surface area contributed by atoms with Gasteiger partial charge in [-0.1, -0.05) is 102 Å². The average molecular weight is 659 g/mol. The lowest BCUT2D eigenvalue weighted by Gasteiger charge is -2.24. The summed E-state index contributed by atoms with van der Waals surface area (Å²) in [6.07, 6.45) is 27.9. The molecule has 45 heavy (non-hydrogen) atoms. The van der Waals surface area contributed by atoms with E-state index in [1.54, 1.807) is 0 Å². The van der Waals surface area contributed by atoms with E-state index in [2.05, 4.69) is 50.3 Å². The van der Waals surface area contributed by atoms with Crippen molar-refractivity contribution >= 4 is 19.8 Å². The van der Waals surface area contributed by atoms with Crippen LogP contribution >= 0.6 is 7.82 Å². The van der Waals surface area contributed by atoms with Crippen LogP contribution in [0.5, 0.6) is 0 Å². The Bertz CT molecular complexity index is 881. The molecule has 0 amide bonds. The van der Waals surface area contributed by atoms with E-state index >= 15 is 0 Å². The second-order valence-corrected chi connectivity index (χ2v) is 14.0. The molecule has 0 aliphatic heterocycles. The predicted octanol–water partition coefficient (Wildman–Crippen LogP) is 8.62. The van der Waals surface area contributed by atoms with Crippen LogP contribution in [0.25, 0.3) is 0 Å². The summed E-state index contributed by atoms with van der Waals surface area (Å²) >= 11 is 0. The molecule has 10 heteroatoms. The van der Waals surface area contributed by atoms with E-state index in [9.17, 15) is 19.0 Å². The number of allylic oxidation sites excluding steroid dienone is 6. The molecule has 2 unspecified atom stereocenters. The lowest BCUT2D eigenvalue weighted by Crippen LogP contribution is -2.37. The quantitative estimate of drug-likeness (QED) is 0.0269. The molecular formula is C35H65NO8P+. The molecule has 0 aromatic rings. The molecule has 0 aliphatic carbocycles. The third-order valence-electron chi connectivity index (χ3n) is 6.93. The van der Waals surface area contributed by atoms with E-state index < -0.39 is 26.5 Å². The Labute approximate surface area is 274 Å². The van der Waals surface area contributed by atoms with Crippen LogP contribution in [0.3, 0.4) is 0 Å². The average Bonchev–Trinajstić information content (AvgIpc) is 2.97. The van der Waals surface area contributed by atoms with Gasteiger partial charge in [-0.15, -0.1) is 0 Å². The standard InChI is InChI=1S/C35H64NO8P/c1-6-8-10-12-14-15-16-17-18-19-20-21-22-24-26-28-35(38)44-33(31-41-34(37)27-25-23-13-11-9-7-2)32-43-45(39,40)42-30-29-36(3,4)5/h8,10,14-15,17-18,33H,6-7,9,11-13,16,19-32H2,1-5H3/p+1/b10-8-,15-14-,18-17-. The van der Waals surface area contributed by atoms with E-state index in [1.165, 1.54) is 12.8 Å². The Kier molecular flexibility index (Phi) is 27.3. The fraction of sp³-hybridized carbons (Fsp3) is 0.771. The molecule has 2 atom stereocenters. The zero-order chi connectivity index (χ0) is 33.7. The highest BCUT2D eigenvalue weighted by molar-refractivity contribution is 7.47. The van der Waals surface area contributed by atoms with Crippen molar-refractivity contribution < 1.29 is 42.1 Å². The second kappa shape index (κ2) is 28.5. The maximum absolute atomic E-state index is 12.5. The summed E-state index contributed by atoms with van der Waals surface area (Å²) in [4.78, 5) is 34.9. The number of ether oxygens (including phenoxy) is 2. The number of quaternary nitrogens is 1. The molecule has 0 spiro atoms. The first-order valence-electron chi connectivity index (χ1n) is 17.2. The van der Waals surface area contributed by atoms with E-state index in [1.807, 2.05) is 21.1 Å². The van der Waals surface area contributed by atoms with Crippen molar-refractivity contribution in [3.63, 3.8) is 0 Å². The van der Waals surface area contributed by atoms with Crippen molar-refractivity contribution in [2.45, 2.75) is 129 Å². The first-order valence-corrected chi connectivity index (χ1v) is 18.7. The van der Waals surface area contributed by atoms with Crippen LogP contribution in [0.15, 0.2) is 36.5 Å². The van der Waals surface area contributed by atoms with Crippen molar-refractivity contribution in [2.75, 3.05) is 47.5 Å². The number of unbranched alkanes of at least 4 members (excludes halogenated alkanes) is 10. The molecule has 0 rings (SSSR count). The zero-order valence-electron chi connectivity index (χ0n) is 29.1. The van der Waals surface area contributed by atoms with Crippen LogP contribution in [0, 0.1) is 0 Å². The van der Waals surface area contributed by atoms with E-state index in [4.69, 9.17) is 18.5 Å². The number of carbonyl (C=O) groups is 2. The molecule has 1 N–H and O–H groups in total. The Balaban J connectivity index is 4.46. The van der Waals surface area contributed by atoms with Crippen molar-refractivity contribution in [3.05, 3.63) is 36.5 Å². The summed E-state index contributed by atoms with van der Waals surface area (Å²) in [5, 5.41) is 0. The van der Waals surface area contributed by atoms with Gasteiger partial charge in [0, 0.05) is 12.8 Å². The molecule has 9 nitrogen and oxygen atoms in total. The smallest absolute Gasteiger partial charge is 0.462 e. The summed E-state index contributed by atoms with van der Waals surface area (Å²) in [5.41, 5.74) is 0. The van der Waals surface area contributed by atoms with Crippen LogP contribution in [0.2, 0.25) is 0 Å². The molecule has 0 aromatic heterocycles. The number of phosphoric acid groups is 1. The number of hydrogen-bond donors (Lipinski definition) is 1. The highest BCUT2D eigenvalue weighted by Gasteiger charge is 2.27. The molecule has 0 heterocycles. The van der Waals surface area contributed by atoms with Gasteiger partial charge in [-0.3, -0.25) is 18.6 Å². The minimum Gasteiger partial charge on any atom is -0.462 e. The van der Waals surface area contributed by atoms with Gasteiger partial charge in [-0.25, -0.2) is 4.57 Å². The maximum Gasteiger partial charge on any atom is 0.472 e. The number of likely N-dealkylation sites (N-methyl/N-ethyl adjacent to an activating group) is 1. The molecule has 0 saturated heterocycles. The molecule has 0 fully saturated rings. The third kappa shape index (κ3) is 32.0. The molecule has 0 aromatic carbocycles. The Morgan fingerprint density at radius 1 is 0.711 bits per heavy atom. The summed E-state index contributed by atoms with van der Waals surface area (Å²) in [6.45, 7) is 4.18. The van der Waals surface area contributed by atoms with Gasteiger partial charge in [0.2, 0.25) is 0 Å². The molecule has 0 radical (unpaired) electrons. The van der Waals surface area contributed by atoms with Gasteiger partial charge in [-0.2, -0.15) is 0 Å². The largest absolute Gasteiger partial charge is 0.472 e. The Hall–Kier alpha value is -1.77. The number of carbonyl (C=O) groups excluding carboxylic acids is 2. The number of esters is 2. The monoisotopic (exact) mass is 658 g/mol. The van der Waals surface area contributed by atoms with Crippen molar-refractivity contribution in [2.24, 2.45) is 0 Å². The molecule has 0 bridgehead atoms. The van der Waals surface area contributed by atoms with Crippen LogP contribution < -0.4 is 0 Å². The third-order valence-corrected chi connectivity index (χ3v) is 7.92. The van der Waals surface area contributed by atoms with Gasteiger partial charge in [-0.05, 0) is 44.9 Å². The molecule has 0 aliphatic rings. The fourth-order valence-corrected chi connectivity index (χ4v) is 4.94. The number of nitrogens with zero attached hydrogens (tertiary/aromatic N) is 1. The van der Waals surface area contributed by atoms with E-state index in [0.29, 0.717) is 17.4 Å². The van der Waals surface area contributed by atoms with Crippen LogP contribution in [-0.2, 0) is 32.7 Å². The van der Waals surface area contributed by atoms with Crippen LogP contribution in [0.4, 0.5) is 0 Å². The highest BCUT2D eigenvalue weighted by atomic mass is 31.2. The number of phosphoric ester groups is 1. The van der Waals surface area contributed by atoms with Gasteiger partial charge in [0.05, 0.1) is 27.7 Å². The summed E-state index contributed by atoms with van der Waals surface area (Å²) in [6, 6.07) is 0. The topological polar surface area (TPSA) is 108 Å². The predicted molar refractivity (Wildman–Crippen MR) is 183 cm³/mol. The van der Waals surface area contributed by atoms with Crippen molar-refractivity contribution in [3.8, 4) is 0 Å². The highest BCUT2D eigenvalue weighted by Crippen LogP contribution is 2.43. The van der Waals surface area contributed by atoms with Crippen LogP contribution in [0.1, 0.15) is 123 Å². The van der Waals surface area contributed by atoms with E-state index in [-0.39, 0.29) is 32.0 Å². The van der Waals surface area contributed by atoms with Gasteiger partial charge in [0.15, 0.2) is 6.10 Å². The lowest BCUT2D eigenvalue weighted by atomic mass is 10.1. The molecule has 0 saturated carbocycles. The number of rotatable bonds is 30. The first kappa shape index (κ1) is 43.2. The zero-order valence-corrected chi connectivity index (χ0v) is 30.0. The minimum atomic E-state index is -4.36.